The molecule has 0 unspecified atom stereocenters. The number of furan rings is 1. The molecule has 0 radical (unpaired) electrons. The third-order valence-electron chi connectivity index (χ3n) is 6.25. The molecule has 2 aromatic heterocycles. The Morgan fingerprint density at radius 3 is 2.96 bits per heavy atom. The lowest BCUT2D eigenvalue weighted by Crippen LogP contribution is -2.40. The van der Waals surface area contributed by atoms with Crippen LogP contribution in [0.15, 0.2) is 35.3 Å². The lowest BCUT2D eigenvalue weighted by molar-refractivity contribution is -0.136. The largest absolute Gasteiger partial charge is 0.468 e. The van der Waals surface area contributed by atoms with Gasteiger partial charge in [-0.1, -0.05) is 0 Å². The highest BCUT2D eigenvalue weighted by atomic mass is 16.5. The van der Waals surface area contributed by atoms with Crippen LogP contribution >= 0.6 is 0 Å². The maximum Gasteiger partial charge on any atom is 0.230 e. The van der Waals surface area contributed by atoms with E-state index < -0.39 is 5.41 Å². The minimum atomic E-state index is -0.406. The van der Waals surface area contributed by atoms with E-state index in [0.29, 0.717) is 19.2 Å². The zero-order valence-corrected chi connectivity index (χ0v) is 17.0. The molecule has 2 saturated heterocycles. The third kappa shape index (κ3) is 3.37. The Kier molecular flexibility index (Phi) is 5.29. The highest BCUT2D eigenvalue weighted by molar-refractivity contribution is 5.86. The summed E-state index contributed by atoms with van der Waals surface area (Å²) in [5.41, 5.74) is 0.619. The zero-order chi connectivity index (χ0) is 19.7. The molecular weight excluding hydrogens is 356 g/mol. The summed E-state index contributed by atoms with van der Waals surface area (Å²) < 4.78 is 12.9. The fraction of sp³-hybridized carbons (Fsp3) is 0.619. The summed E-state index contributed by atoms with van der Waals surface area (Å²) in [6.07, 6.45) is 6.59. The average Bonchev–Trinajstić information content (AvgIpc) is 3.44. The molecule has 4 rings (SSSR count). The number of hydrogen-bond donors (Lipinski definition) is 0. The minimum absolute atomic E-state index is 0.0995. The highest BCUT2D eigenvalue weighted by Crippen LogP contribution is 2.49. The Balaban J connectivity index is 1.61. The normalized spacial score (nSPS) is 25.6. The van der Waals surface area contributed by atoms with Crippen molar-refractivity contribution in [2.24, 2.45) is 5.41 Å². The summed E-state index contributed by atoms with van der Waals surface area (Å²) in [6.45, 7) is 8.60. The van der Waals surface area contributed by atoms with E-state index in [0.717, 1.165) is 44.1 Å². The maximum absolute atomic E-state index is 13.5. The summed E-state index contributed by atoms with van der Waals surface area (Å²) in [7, 11) is 1.68. The van der Waals surface area contributed by atoms with Gasteiger partial charge in [0.25, 0.3) is 0 Å². The molecule has 2 aromatic rings. The molecule has 7 heteroatoms. The number of aromatic nitrogens is 2. The molecule has 0 aromatic carbocycles. The molecule has 4 heterocycles. The zero-order valence-electron chi connectivity index (χ0n) is 17.0. The molecule has 2 fully saturated rings. The van der Waals surface area contributed by atoms with Crippen LogP contribution in [0, 0.1) is 5.41 Å². The lowest BCUT2D eigenvalue weighted by atomic mass is 9.75. The van der Waals surface area contributed by atoms with E-state index in [1.807, 2.05) is 23.4 Å². The number of ether oxygens (including phenoxy) is 1. The number of likely N-dealkylation sites (tertiary alicyclic amines) is 2. The standard InChI is InChI=1S/C21H30N4O3/c1-16(2)25-13-19(22-15-25)18-12-23(11-17-5-4-9-28-17)14-21(18)6-7-24(20(21)26)8-10-27-3/h4-5,9,13,15-16,18H,6-8,10-12,14H2,1-3H3/t18-,21-/m1/s1. The van der Waals surface area contributed by atoms with Gasteiger partial charge in [0, 0.05) is 51.4 Å². The fourth-order valence-electron chi connectivity index (χ4n) is 4.68. The average molecular weight is 386 g/mol. The van der Waals surface area contributed by atoms with Gasteiger partial charge in [-0.05, 0) is 32.4 Å². The van der Waals surface area contributed by atoms with Crippen molar-refractivity contribution in [3.05, 3.63) is 42.4 Å². The first kappa shape index (κ1) is 19.2. The number of hydrogen-bond acceptors (Lipinski definition) is 5. The number of nitrogens with zero attached hydrogens (tertiary/aromatic N) is 4. The molecule has 0 aliphatic carbocycles. The van der Waals surface area contributed by atoms with Crippen molar-refractivity contribution in [2.45, 2.75) is 38.8 Å². The number of amides is 1. The topological polar surface area (TPSA) is 63.7 Å². The molecule has 0 bridgehead atoms. The maximum atomic E-state index is 13.5. The Labute approximate surface area is 166 Å². The first-order chi connectivity index (χ1) is 13.5. The van der Waals surface area contributed by atoms with Gasteiger partial charge in [0.2, 0.25) is 5.91 Å². The molecule has 2 aliphatic heterocycles. The summed E-state index contributed by atoms with van der Waals surface area (Å²) >= 11 is 0. The van der Waals surface area contributed by atoms with Crippen molar-refractivity contribution in [3.63, 3.8) is 0 Å². The first-order valence-corrected chi connectivity index (χ1v) is 10.1. The number of methoxy groups -OCH3 is 1. The number of rotatable bonds is 7. The molecule has 152 valence electrons. The number of carbonyl (C=O) groups is 1. The predicted octanol–water partition coefficient (Wildman–Crippen LogP) is 2.52. The van der Waals surface area contributed by atoms with Crippen LogP contribution < -0.4 is 0 Å². The summed E-state index contributed by atoms with van der Waals surface area (Å²) in [6, 6.07) is 4.26. The van der Waals surface area contributed by atoms with E-state index in [9.17, 15) is 4.79 Å². The van der Waals surface area contributed by atoms with E-state index in [1.165, 1.54) is 0 Å². The molecule has 1 spiro atoms. The van der Waals surface area contributed by atoms with Crippen molar-refractivity contribution >= 4 is 5.91 Å². The quantitative estimate of drug-likeness (QED) is 0.732. The molecule has 2 aliphatic rings. The van der Waals surface area contributed by atoms with Crippen molar-refractivity contribution in [2.75, 3.05) is 39.9 Å². The van der Waals surface area contributed by atoms with Crippen molar-refractivity contribution in [1.82, 2.24) is 19.4 Å². The van der Waals surface area contributed by atoms with E-state index in [-0.39, 0.29) is 11.8 Å². The second-order valence-electron chi connectivity index (χ2n) is 8.33. The molecule has 0 saturated carbocycles. The SMILES string of the molecule is COCCN1CC[C@]2(CN(Cc3ccco3)C[C@@H]2c2cn(C(C)C)cn2)C1=O. The van der Waals surface area contributed by atoms with Crippen molar-refractivity contribution < 1.29 is 13.9 Å². The van der Waals surface area contributed by atoms with Gasteiger partial charge in [-0.2, -0.15) is 0 Å². The molecule has 0 N–H and O–H groups in total. The highest BCUT2D eigenvalue weighted by Gasteiger charge is 2.57. The van der Waals surface area contributed by atoms with Gasteiger partial charge in [0.05, 0.1) is 36.9 Å². The predicted molar refractivity (Wildman–Crippen MR) is 105 cm³/mol. The second kappa shape index (κ2) is 7.72. The van der Waals surface area contributed by atoms with Crippen LogP contribution in [-0.2, 0) is 16.1 Å². The summed E-state index contributed by atoms with van der Waals surface area (Å²) in [5.74, 6) is 1.28. The van der Waals surface area contributed by atoms with Crippen LogP contribution in [0.5, 0.6) is 0 Å². The third-order valence-corrected chi connectivity index (χ3v) is 6.25. The summed E-state index contributed by atoms with van der Waals surface area (Å²) in [4.78, 5) is 22.5. The Morgan fingerprint density at radius 1 is 1.43 bits per heavy atom. The molecular formula is C21H30N4O3. The van der Waals surface area contributed by atoms with Crippen LogP contribution in [0.4, 0.5) is 0 Å². The van der Waals surface area contributed by atoms with Crippen LogP contribution in [0.25, 0.3) is 0 Å². The van der Waals surface area contributed by atoms with E-state index >= 15 is 0 Å². The lowest BCUT2D eigenvalue weighted by Gasteiger charge is -2.28. The second-order valence-corrected chi connectivity index (χ2v) is 8.33. The van der Waals surface area contributed by atoms with Gasteiger partial charge in [-0.15, -0.1) is 0 Å². The molecule has 28 heavy (non-hydrogen) atoms. The molecule has 7 nitrogen and oxygen atoms in total. The van der Waals surface area contributed by atoms with Gasteiger partial charge in [0.1, 0.15) is 5.76 Å². The smallest absolute Gasteiger partial charge is 0.230 e. The van der Waals surface area contributed by atoms with Gasteiger partial charge < -0.3 is 18.6 Å². The minimum Gasteiger partial charge on any atom is -0.468 e. The van der Waals surface area contributed by atoms with Gasteiger partial charge in [-0.3, -0.25) is 9.69 Å². The number of carbonyl (C=O) groups excluding carboxylic acids is 1. The monoisotopic (exact) mass is 386 g/mol. The first-order valence-electron chi connectivity index (χ1n) is 10.1. The Morgan fingerprint density at radius 2 is 2.29 bits per heavy atom. The van der Waals surface area contributed by atoms with Gasteiger partial charge in [0.15, 0.2) is 0 Å². The van der Waals surface area contributed by atoms with Crippen molar-refractivity contribution in [3.8, 4) is 0 Å². The van der Waals surface area contributed by atoms with E-state index in [1.54, 1.807) is 13.4 Å². The molecule has 2 atom stereocenters. The Bertz CT molecular complexity index is 800. The fourth-order valence-corrected chi connectivity index (χ4v) is 4.68. The Hall–Kier alpha value is -2.12. The number of imidazole rings is 1. The van der Waals surface area contributed by atoms with Crippen LogP contribution in [0.2, 0.25) is 0 Å². The molecule has 1 amide bonds. The van der Waals surface area contributed by atoms with Gasteiger partial charge >= 0.3 is 0 Å². The van der Waals surface area contributed by atoms with Crippen molar-refractivity contribution in [1.29, 1.82) is 0 Å². The summed E-state index contributed by atoms with van der Waals surface area (Å²) in [5, 5.41) is 0. The van der Waals surface area contributed by atoms with Crippen LogP contribution in [-0.4, -0.2) is 65.2 Å². The van der Waals surface area contributed by atoms with Crippen LogP contribution in [0.3, 0.4) is 0 Å². The van der Waals surface area contributed by atoms with E-state index in [2.05, 4.69) is 29.5 Å². The van der Waals surface area contributed by atoms with Gasteiger partial charge in [-0.25, -0.2) is 4.98 Å². The van der Waals surface area contributed by atoms with E-state index in [4.69, 9.17) is 14.1 Å². The van der Waals surface area contributed by atoms with Crippen LogP contribution in [0.1, 0.15) is 43.7 Å².